The van der Waals surface area contributed by atoms with Gasteiger partial charge in [-0.05, 0) is 26.2 Å². The topological polar surface area (TPSA) is 80.7 Å². The second kappa shape index (κ2) is 6.69. The van der Waals surface area contributed by atoms with E-state index >= 15 is 0 Å². The first-order chi connectivity index (χ1) is 9.54. The number of carbonyl (C=O) groups is 1. The molecule has 1 N–H and O–H groups in total. The van der Waals surface area contributed by atoms with Crippen LogP contribution in [0, 0.1) is 11.3 Å². The van der Waals surface area contributed by atoms with Crippen molar-refractivity contribution in [2.45, 2.75) is 51.7 Å². The summed E-state index contributed by atoms with van der Waals surface area (Å²) in [6.07, 6.45) is -1.34. The molecule has 10 heteroatoms. The Labute approximate surface area is 126 Å². The van der Waals surface area contributed by atoms with Crippen molar-refractivity contribution < 1.29 is 40.1 Å². The lowest BCUT2D eigenvalue weighted by molar-refractivity contribution is -0.178. The average molecular weight is 352 g/mol. The predicted molar refractivity (Wildman–Crippen MR) is 70.3 cm³/mol. The molecule has 0 saturated heterocycles. The molecular formula is C12H20F4O5S. The van der Waals surface area contributed by atoms with E-state index in [1.165, 1.54) is 13.8 Å². The average Bonchev–Trinajstić information content (AvgIpc) is 2.24. The van der Waals surface area contributed by atoms with Crippen molar-refractivity contribution in [1.29, 1.82) is 0 Å². The first-order valence-electron chi connectivity index (χ1n) is 6.44. The van der Waals surface area contributed by atoms with Gasteiger partial charge in [-0.3, -0.25) is 9.35 Å². The zero-order valence-electron chi connectivity index (χ0n) is 12.7. The minimum absolute atomic E-state index is 0.118. The predicted octanol–water partition coefficient (Wildman–Crippen LogP) is 3.11. The van der Waals surface area contributed by atoms with Crippen molar-refractivity contribution in [3.63, 3.8) is 0 Å². The summed E-state index contributed by atoms with van der Waals surface area (Å²) in [7, 11) is -6.28. The smallest absolute Gasteiger partial charge is 0.431 e. The number of hydrogen-bond acceptors (Lipinski definition) is 4. The van der Waals surface area contributed by atoms with E-state index in [0.29, 0.717) is 6.42 Å². The van der Waals surface area contributed by atoms with Crippen LogP contribution in [0.25, 0.3) is 0 Å². The van der Waals surface area contributed by atoms with Gasteiger partial charge < -0.3 is 4.74 Å². The van der Waals surface area contributed by atoms with E-state index < -0.39 is 45.7 Å². The lowest BCUT2D eigenvalue weighted by Crippen LogP contribution is -2.47. The van der Waals surface area contributed by atoms with E-state index in [0.717, 1.165) is 0 Å². The highest BCUT2D eigenvalue weighted by atomic mass is 32.2. The van der Waals surface area contributed by atoms with Gasteiger partial charge in [-0.1, -0.05) is 13.8 Å². The summed E-state index contributed by atoms with van der Waals surface area (Å²) < 4.78 is 85.4. The third kappa shape index (κ3) is 5.08. The van der Waals surface area contributed by atoms with Gasteiger partial charge in [0.25, 0.3) is 0 Å². The van der Waals surface area contributed by atoms with Gasteiger partial charge in [0.1, 0.15) is 0 Å². The van der Waals surface area contributed by atoms with Crippen molar-refractivity contribution in [3.05, 3.63) is 0 Å². The van der Waals surface area contributed by atoms with E-state index in [4.69, 9.17) is 4.55 Å². The monoisotopic (exact) mass is 352 g/mol. The highest BCUT2D eigenvalue weighted by Gasteiger charge is 2.65. The molecule has 0 bridgehead atoms. The van der Waals surface area contributed by atoms with Crippen LogP contribution in [0.3, 0.4) is 0 Å². The fourth-order valence-corrected chi connectivity index (χ4v) is 2.38. The van der Waals surface area contributed by atoms with E-state index in [1.54, 1.807) is 0 Å². The van der Waals surface area contributed by atoms with E-state index in [9.17, 15) is 30.8 Å². The second-order valence-electron chi connectivity index (χ2n) is 6.06. The van der Waals surface area contributed by atoms with Gasteiger partial charge in [-0.25, -0.2) is 0 Å². The summed E-state index contributed by atoms with van der Waals surface area (Å²) in [4.78, 5) is 11.7. The van der Waals surface area contributed by atoms with Crippen LogP contribution in [0.15, 0.2) is 0 Å². The summed E-state index contributed by atoms with van der Waals surface area (Å²) in [5, 5.41) is -5.65. The van der Waals surface area contributed by atoms with Gasteiger partial charge in [0.05, 0.1) is 18.4 Å². The minimum Gasteiger partial charge on any atom is -0.465 e. The van der Waals surface area contributed by atoms with Crippen LogP contribution >= 0.6 is 0 Å². The molecule has 0 aromatic carbocycles. The highest BCUT2D eigenvalue weighted by molar-refractivity contribution is 7.87. The molecule has 0 rings (SSSR count). The summed E-state index contributed by atoms with van der Waals surface area (Å²) in [6, 6.07) is 0. The molecule has 0 aliphatic carbocycles. The standard InChI is InChI=1S/C12H20F4O5S/c1-8(2)7-10(3,4)9(17)21-6-5-11(13,14)12(15,16)22(18,19)20/h8H,5-7H2,1-4H3,(H,18,19,20). The van der Waals surface area contributed by atoms with Gasteiger partial charge in [0, 0.05) is 0 Å². The Bertz CT molecular complexity index is 500. The molecule has 0 saturated carbocycles. The molecule has 0 unspecified atom stereocenters. The number of rotatable bonds is 8. The van der Waals surface area contributed by atoms with E-state index in [2.05, 4.69) is 4.74 Å². The highest BCUT2D eigenvalue weighted by Crippen LogP contribution is 2.40. The first-order valence-corrected chi connectivity index (χ1v) is 7.88. The third-order valence-electron chi connectivity index (χ3n) is 2.87. The Morgan fingerprint density at radius 3 is 2.00 bits per heavy atom. The second-order valence-corrected chi connectivity index (χ2v) is 7.53. The molecule has 22 heavy (non-hydrogen) atoms. The molecule has 5 nitrogen and oxygen atoms in total. The number of halogens is 4. The Morgan fingerprint density at radius 2 is 1.64 bits per heavy atom. The van der Waals surface area contributed by atoms with E-state index in [1.807, 2.05) is 13.8 Å². The van der Waals surface area contributed by atoms with Gasteiger partial charge in [0.15, 0.2) is 0 Å². The molecular weight excluding hydrogens is 332 g/mol. The molecule has 0 spiro atoms. The van der Waals surface area contributed by atoms with Crippen molar-refractivity contribution in [2.75, 3.05) is 6.61 Å². The maximum atomic E-state index is 13.2. The summed E-state index contributed by atoms with van der Waals surface area (Å²) in [5.74, 6) is -5.80. The van der Waals surface area contributed by atoms with E-state index in [-0.39, 0.29) is 5.92 Å². The molecule has 0 aromatic heterocycles. The zero-order chi connectivity index (χ0) is 18.0. The molecule has 0 fully saturated rings. The molecule has 0 radical (unpaired) electrons. The third-order valence-corrected chi connectivity index (χ3v) is 3.82. The van der Waals surface area contributed by atoms with Crippen LogP contribution < -0.4 is 0 Å². The maximum absolute atomic E-state index is 13.2. The normalized spacial score (nSPS) is 14.3. The van der Waals surface area contributed by atoms with Crippen LogP contribution in [0.1, 0.15) is 40.5 Å². The van der Waals surface area contributed by atoms with Crippen molar-refractivity contribution in [3.8, 4) is 0 Å². The number of carbonyl (C=O) groups excluding carboxylic acids is 1. The number of ether oxygens (including phenoxy) is 1. The van der Waals surface area contributed by atoms with Gasteiger partial charge in [0.2, 0.25) is 0 Å². The lowest BCUT2D eigenvalue weighted by atomic mass is 9.84. The van der Waals surface area contributed by atoms with Crippen LogP contribution in [-0.4, -0.2) is 36.7 Å². The van der Waals surface area contributed by atoms with Crippen LogP contribution in [-0.2, 0) is 19.6 Å². The summed E-state index contributed by atoms with van der Waals surface area (Å²) in [5.41, 5.74) is -0.991. The molecule has 0 heterocycles. The Kier molecular flexibility index (Phi) is 6.42. The minimum atomic E-state index is -6.28. The molecule has 0 aliphatic rings. The number of hydrogen-bond donors (Lipinski definition) is 1. The van der Waals surface area contributed by atoms with Crippen molar-refractivity contribution >= 4 is 16.1 Å². The number of alkyl halides is 4. The zero-order valence-corrected chi connectivity index (χ0v) is 13.5. The Morgan fingerprint density at radius 1 is 1.18 bits per heavy atom. The maximum Gasteiger partial charge on any atom is 0.431 e. The van der Waals surface area contributed by atoms with Gasteiger partial charge in [-0.2, -0.15) is 26.0 Å². The van der Waals surface area contributed by atoms with Crippen LogP contribution in [0.2, 0.25) is 0 Å². The quantitative estimate of drug-likeness (QED) is 0.412. The fourth-order valence-electron chi connectivity index (χ4n) is 1.91. The molecule has 0 atom stereocenters. The lowest BCUT2D eigenvalue weighted by Gasteiger charge is -2.26. The van der Waals surface area contributed by atoms with Crippen LogP contribution in [0.5, 0.6) is 0 Å². The van der Waals surface area contributed by atoms with Crippen molar-refractivity contribution in [1.82, 2.24) is 0 Å². The fraction of sp³-hybridized carbons (Fsp3) is 0.917. The Hall–Kier alpha value is -0.900. The molecule has 0 amide bonds. The molecule has 0 aliphatic heterocycles. The van der Waals surface area contributed by atoms with Crippen molar-refractivity contribution in [2.24, 2.45) is 11.3 Å². The molecule has 132 valence electrons. The van der Waals surface area contributed by atoms with Crippen LogP contribution in [0.4, 0.5) is 17.6 Å². The largest absolute Gasteiger partial charge is 0.465 e. The summed E-state index contributed by atoms with van der Waals surface area (Å²) >= 11 is 0. The SMILES string of the molecule is CC(C)CC(C)(C)C(=O)OCCC(F)(F)C(F)(F)S(=O)(=O)O. The van der Waals surface area contributed by atoms with Gasteiger partial charge >= 0.3 is 27.3 Å². The summed E-state index contributed by atoms with van der Waals surface area (Å²) in [6.45, 7) is 5.59. The molecule has 0 aromatic rings. The number of esters is 1. The van der Waals surface area contributed by atoms with Gasteiger partial charge in [-0.15, -0.1) is 0 Å². The first kappa shape index (κ1) is 21.1. The Balaban J connectivity index is 4.74.